The summed E-state index contributed by atoms with van der Waals surface area (Å²) in [5.74, 6) is 0.608. The van der Waals surface area contributed by atoms with Gasteiger partial charge in [0.25, 0.3) is 0 Å². The Bertz CT molecular complexity index is 1180. The lowest BCUT2D eigenvalue weighted by molar-refractivity contribution is 0.170. The summed E-state index contributed by atoms with van der Waals surface area (Å²) in [7, 11) is 0. The third kappa shape index (κ3) is 3.56. The summed E-state index contributed by atoms with van der Waals surface area (Å²) >= 11 is 7.38. The van der Waals surface area contributed by atoms with Crippen LogP contribution in [0.1, 0.15) is 30.0 Å². The molecule has 1 spiro atoms. The van der Waals surface area contributed by atoms with E-state index in [0.29, 0.717) is 20.6 Å². The Balaban J connectivity index is 1.26. The molecular weight excluding hydrogens is 434 g/mol. The maximum atomic E-state index is 9.50. The Hall–Kier alpha value is -2.62. The van der Waals surface area contributed by atoms with Crippen LogP contribution in [0, 0.1) is 10.8 Å². The second-order valence-electron chi connectivity index (χ2n) is 8.09. The maximum Gasteiger partial charge on any atom is 0.245 e. The molecule has 0 saturated carbocycles. The van der Waals surface area contributed by atoms with Crippen LogP contribution in [0.15, 0.2) is 52.6 Å². The Labute approximate surface area is 188 Å². The number of halogens is 1. The minimum Gasteiger partial charge on any atom is -0.427 e. The fourth-order valence-corrected chi connectivity index (χ4v) is 5.60. The highest BCUT2D eigenvalue weighted by atomic mass is 35.5. The molecule has 1 saturated heterocycles. The number of rotatable bonds is 3. The van der Waals surface area contributed by atoms with Crippen molar-refractivity contribution in [1.82, 2.24) is 19.9 Å². The molecule has 0 unspecified atom stereocenters. The highest BCUT2D eigenvalue weighted by molar-refractivity contribution is 7.99. The van der Waals surface area contributed by atoms with Crippen LogP contribution >= 0.6 is 23.4 Å². The molecule has 0 bridgehead atoms. The number of hydrogen-bond acceptors (Lipinski definition) is 8. The van der Waals surface area contributed by atoms with E-state index < -0.39 is 0 Å². The van der Waals surface area contributed by atoms with E-state index in [1.807, 2.05) is 0 Å². The first-order chi connectivity index (χ1) is 15.0. The first kappa shape index (κ1) is 20.3. The number of aromatic nitrogens is 4. The number of nitrogens with one attached hydrogen (secondary N) is 1. The molecule has 5 rings (SSSR count). The van der Waals surface area contributed by atoms with Crippen molar-refractivity contribution in [3.05, 3.63) is 64.4 Å². The predicted octanol–water partition coefficient (Wildman–Crippen LogP) is 3.04. The lowest BCUT2D eigenvalue weighted by Gasteiger charge is -2.42. The topological polar surface area (TPSA) is 117 Å². The van der Waals surface area contributed by atoms with Crippen molar-refractivity contribution in [2.75, 3.05) is 18.0 Å². The lowest BCUT2D eigenvalue weighted by atomic mass is 9.73. The quantitative estimate of drug-likeness (QED) is 0.519. The largest absolute Gasteiger partial charge is 0.427 e. The van der Waals surface area contributed by atoms with Crippen LogP contribution in [0.5, 0.6) is 0 Å². The lowest BCUT2D eigenvalue weighted by Crippen LogP contribution is -2.45. The van der Waals surface area contributed by atoms with Gasteiger partial charge in [0.1, 0.15) is 10.0 Å². The number of nitrogens with zero attached hydrogens (tertiary/aromatic N) is 5. The predicted molar refractivity (Wildman–Crippen MR) is 117 cm³/mol. The Morgan fingerprint density at radius 3 is 2.68 bits per heavy atom. The molecule has 3 heterocycles. The maximum absolute atomic E-state index is 9.50. The van der Waals surface area contributed by atoms with Gasteiger partial charge in [0.05, 0.1) is 6.20 Å². The van der Waals surface area contributed by atoms with Crippen molar-refractivity contribution in [2.45, 2.75) is 35.2 Å². The monoisotopic (exact) mass is 455 g/mol. The molecule has 1 aliphatic carbocycles. The second-order valence-corrected chi connectivity index (χ2v) is 9.53. The van der Waals surface area contributed by atoms with Crippen LogP contribution in [-0.4, -0.2) is 38.2 Å². The number of fused-ring (bicyclic) bond motifs is 1. The number of benzene rings is 1. The van der Waals surface area contributed by atoms with Crippen LogP contribution in [-0.2, 0) is 6.42 Å². The molecule has 2 aromatic heterocycles. The van der Waals surface area contributed by atoms with Gasteiger partial charge in [-0.15, -0.1) is 10.2 Å². The van der Waals surface area contributed by atoms with E-state index in [4.69, 9.17) is 22.7 Å². The molecular formula is C21H22ClN7OS. The minimum atomic E-state index is -0.182. The Morgan fingerprint density at radius 1 is 1.19 bits per heavy atom. The summed E-state index contributed by atoms with van der Waals surface area (Å²) in [5, 5.41) is 26.5. The molecule has 8 nitrogen and oxygen atoms in total. The number of nitrogens with two attached hydrogens (primary N) is 1. The van der Waals surface area contributed by atoms with Gasteiger partial charge in [-0.05, 0) is 41.9 Å². The van der Waals surface area contributed by atoms with Gasteiger partial charge >= 0.3 is 0 Å². The van der Waals surface area contributed by atoms with E-state index in [2.05, 4.69) is 44.3 Å². The van der Waals surface area contributed by atoms with Crippen molar-refractivity contribution in [2.24, 2.45) is 11.1 Å². The fourth-order valence-electron chi connectivity index (χ4n) is 4.60. The smallest absolute Gasteiger partial charge is 0.245 e. The summed E-state index contributed by atoms with van der Waals surface area (Å²) in [6.07, 6.45) is 6.05. The van der Waals surface area contributed by atoms with Gasteiger partial charge in [0, 0.05) is 30.2 Å². The highest BCUT2D eigenvalue weighted by Crippen LogP contribution is 2.50. The average molecular weight is 456 g/mol. The van der Waals surface area contributed by atoms with E-state index in [9.17, 15) is 5.21 Å². The van der Waals surface area contributed by atoms with Crippen molar-refractivity contribution in [1.29, 1.82) is 5.41 Å². The normalized spacial score (nSPS) is 19.5. The standard InChI is InChI=1S/C21H22ClN7OS/c22-17-15(5-8-29(30)19(17)24)31-16-12-25-20(27-26-16)28-9-6-21(7-10-28)11-13-3-1-2-4-14(13)18(21)23/h1-5,8,12,18,24,30H,6-7,9-11,23H2/t18-/m1/s1. The van der Waals surface area contributed by atoms with Crippen LogP contribution in [0.25, 0.3) is 0 Å². The Kier molecular flexibility index (Phi) is 5.11. The van der Waals surface area contributed by atoms with Gasteiger partial charge in [0.15, 0.2) is 5.49 Å². The molecule has 1 fully saturated rings. The number of pyridine rings is 1. The molecule has 1 atom stereocenters. The fraction of sp³-hybridized carbons (Fsp3) is 0.333. The summed E-state index contributed by atoms with van der Waals surface area (Å²) in [6, 6.07) is 10.2. The number of anilines is 1. The highest BCUT2D eigenvalue weighted by Gasteiger charge is 2.46. The van der Waals surface area contributed by atoms with Crippen molar-refractivity contribution in [3.63, 3.8) is 0 Å². The van der Waals surface area contributed by atoms with Gasteiger partial charge in [-0.1, -0.05) is 47.6 Å². The summed E-state index contributed by atoms with van der Waals surface area (Å²) in [5.41, 5.74) is 9.26. The molecule has 1 aromatic carbocycles. The van der Waals surface area contributed by atoms with Gasteiger partial charge in [-0.2, -0.15) is 4.73 Å². The van der Waals surface area contributed by atoms with E-state index >= 15 is 0 Å². The third-order valence-corrected chi connectivity index (χ3v) is 7.85. The molecule has 0 amide bonds. The average Bonchev–Trinajstić information content (AvgIpc) is 3.07. The van der Waals surface area contributed by atoms with Crippen molar-refractivity contribution < 1.29 is 5.21 Å². The van der Waals surface area contributed by atoms with Crippen molar-refractivity contribution in [3.8, 4) is 0 Å². The SMILES string of the molecule is N=c1c(Cl)c(Sc2cnc(N3CCC4(CC3)Cc3ccccc3[C@H]4N)nn2)ccn1O. The van der Waals surface area contributed by atoms with E-state index in [1.54, 1.807) is 12.3 Å². The molecule has 3 aromatic rings. The first-order valence-electron chi connectivity index (χ1n) is 10.1. The van der Waals surface area contributed by atoms with Gasteiger partial charge in [0.2, 0.25) is 5.95 Å². The van der Waals surface area contributed by atoms with Crippen molar-refractivity contribution >= 4 is 29.3 Å². The molecule has 31 heavy (non-hydrogen) atoms. The molecule has 10 heteroatoms. The zero-order valence-electron chi connectivity index (χ0n) is 16.7. The van der Waals surface area contributed by atoms with E-state index in [1.165, 1.54) is 29.1 Å². The number of piperidine rings is 1. The van der Waals surface area contributed by atoms with Crippen LogP contribution < -0.4 is 16.1 Å². The second kappa shape index (κ2) is 7.81. The summed E-state index contributed by atoms with van der Waals surface area (Å²) < 4.78 is 0.664. The van der Waals surface area contributed by atoms with Gasteiger partial charge < -0.3 is 15.8 Å². The molecule has 2 aliphatic rings. The van der Waals surface area contributed by atoms with Gasteiger partial charge in [-0.25, -0.2) is 4.98 Å². The van der Waals surface area contributed by atoms with Crippen LogP contribution in [0.3, 0.4) is 0 Å². The number of hydrogen-bond donors (Lipinski definition) is 3. The van der Waals surface area contributed by atoms with Gasteiger partial charge in [-0.3, -0.25) is 5.41 Å². The summed E-state index contributed by atoms with van der Waals surface area (Å²) in [6.45, 7) is 1.69. The first-order valence-corrected chi connectivity index (χ1v) is 11.3. The zero-order valence-corrected chi connectivity index (χ0v) is 18.3. The zero-order chi connectivity index (χ0) is 21.6. The Morgan fingerprint density at radius 2 is 1.97 bits per heavy atom. The van der Waals surface area contributed by atoms with Crippen LogP contribution in [0.2, 0.25) is 5.02 Å². The molecule has 160 valence electrons. The third-order valence-electron chi connectivity index (χ3n) is 6.40. The summed E-state index contributed by atoms with van der Waals surface area (Å²) in [4.78, 5) is 7.27. The van der Waals surface area contributed by atoms with E-state index in [-0.39, 0.29) is 22.0 Å². The molecule has 4 N–H and O–H groups in total. The molecule has 1 aliphatic heterocycles. The van der Waals surface area contributed by atoms with E-state index in [0.717, 1.165) is 32.4 Å². The van der Waals surface area contributed by atoms with Crippen LogP contribution in [0.4, 0.5) is 5.95 Å². The minimum absolute atomic E-state index is 0.0822. The molecule has 0 radical (unpaired) electrons.